The van der Waals surface area contributed by atoms with Crippen LogP contribution < -0.4 is 14.2 Å². The van der Waals surface area contributed by atoms with Gasteiger partial charge in [0.15, 0.2) is 0 Å². The van der Waals surface area contributed by atoms with Crippen molar-refractivity contribution in [3.63, 3.8) is 0 Å². The molecule has 292 valence electrons. The van der Waals surface area contributed by atoms with E-state index >= 15 is 0 Å². The number of hydrogen-bond donors (Lipinski definition) is 2. The maximum absolute atomic E-state index is 12.1. The minimum Gasteiger partial charge on any atom is -0.508 e. The molecule has 4 aromatic carbocycles. The molecular weight excluding hydrogens is 669 g/mol. The molecule has 54 heavy (non-hydrogen) atoms. The Kier molecular flexibility index (Phi) is 12.4. The number of fused-ring (bicyclic) bond motifs is 8. The van der Waals surface area contributed by atoms with Crippen LogP contribution in [0.2, 0.25) is 0 Å². The second kappa shape index (κ2) is 16.3. The standard InChI is InChI=1S/C49H66O5/c1-13-16-52-44-33-19-31-29-42(50)30-32(43(31)51)20-34-24-40(48(7,8)9)26-36(45(34)53-17-14-2)22-38-28-41(49(10,11)12)27-37(46(38)54-18-15-3)21-35(44)25-39(23-33)47(4,5)6/h23-30,50-51H,13-22H2,1-12H3. The molecule has 0 saturated carbocycles. The first-order valence-electron chi connectivity index (χ1n) is 20.2. The summed E-state index contributed by atoms with van der Waals surface area (Å²) < 4.78 is 20.2. The predicted octanol–water partition coefficient (Wildman–Crippen LogP) is 12.0. The lowest BCUT2D eigenvalue weighted by Crippen LogP contribution is -2.17. The van der Waals surface area contributed by atoms with Crippen molar-refractivity contribution < 1.29 is 24.4 Å². The smallest absolute Gasteiger partial charge is 0.126 e. The lowest BCUT2D eigenvalue weighted by Gasteiger charge is -2.28. The molecule has 0 amide bonds. The van der Waals surface area contributed by atoms with E-state index in [0.29, 0.717) is 56.6 Å². The van der Waals surface area contributed by atoms with Gasteiger partial charge in [0.25, 0.3) is 0 Å². The van der Waals surface area contributed by atoms with Crippen molar-refractivity contribution in [2.24, 2.45) is 0 Å². The molecule has 0 unspecified atom stereocenters. The van der Waals surface area contributed by atoms with Gasteiger partial charge in [-0.05, 0) is 97.7 Å². The number of rotatable bonds is 9. The summed E-state index contributed by atoms with van der Waals surface area (Å²) in [5.41, 5.74) is 11.1. The Balaban J connectivity index is 1.94. The van der Waals surface area contributed by atoms with Crippen molar-refractivity contribution in [3.05, 3.63) is 110 Å². The van der Waals surface area contributed by atoms with E-state index in [1.54, 1.807) is 12.1 Å². The van der Waals surface area contributed by atoms with E-state index in [-0.39, 0.29) is 27.7 Å². The molecule has 8 bridgehead atoms. The number of phenolic OH excluding ortho intramolecular Hbond substituents is 2. The van der Waals surface area contributed by atoms with E-state index in [1.165, 1.54) is 16.7 Å². The largest absolute Gasteiger partial charge is 0.508 e. The molecule has 5 rings (SSSR count). The Morgan fingerprint density at radius 3 is 0.870 bits per heavy atom. The van der Waals surface area contributed by atoms with Crippen LogP contribution in [0.15, 0.2) is 48.5 Å². The van der Waals surface area contributed by atoms with Gasteiger partial charge in [0.05, 0.1) is 19.8 Å². The molecule has 0 atom stereocenters. The van der Waals surface area contributed by atoms with Gasteiger partial charge in [-0.1, -0.05) is 119 Å². The van der Waals surface area contributed by atoms with Crippen LogP contribution in [0.5, 0.6) is 28.7 Å². The Bertz CT molecular complexity index is 1820. The molecular formula is C49H66O5. The zero-order valence-electron chi connectivity index (χ0n) is 35.3. The number of hydrogen-bond acceptors (Lipinski definition) is 5. The zero-order valence-corrected chi connectivity index (χ0v) is 35.3. The van der Waals surface area contributed by atoms with Crippen molar-refractivity contribution in [2.45, 2.75) is 144 Å². The average Bonchev–Trinajstić information content (AvgIpc) is 3.07. The summed E-state index contributed by atoms with van der Waals surface area (Å²) in [7, 11) is 0. The van der Waals surface area contributed by atoms with E-state index in [2.05, 4.69) is 119 Å². The molecule has 2 N–H and O–H groups in total. The third kappa shape index (κ3) is 9.39. The lowest BCUT2D eigenvalue weighted by molar-refractivity contribution is 0.306. The highest BCUT2D eigenvalue weighted by Gasteiger charge is 2.28. The second-order valence-electron chi connectivity index (χ2n) is 18.5. The Morgan fingerprint density at radius 1 is 0.407 bits per heavy atom. The molecule has 4 aromatic rings. The molecule has 0 aromatic heterocycles. The third-order valence-electron chi connectivity index (χ3n) is 10.5. The summed E-state index contributed by atoms with van der Waals surface area (Å²) in [6, 6.07) is 17.2. The maximum atomic E-state index is 12.1. The molecule has 5 nitrogen and oxygen atoms in total. The van der Waals surface area contributed by atoms with Gasteiger partial charge in [-0.2, -0.15) is 0 Å². The maximum Gasteiger partial charge on any atom is 0.126 e. The summed E-state index contributed by atoms with van der Waals surface area (Å²) >= 11 is 0. The second-order valence-corrected chi connectivity index (χ2v) is 18.5. The van der Waals surface area contributed by atoms with Gasteiger partial charge in [-0.25, -0.2) is 0 Å². The Morgan fingerprint density at radius 2 is 0.648 bits per heavy atom. The van der Waals surface area contributed by atoms with E-state index in [0.717, 1.165) is 69.9 Å². The fourth-order valence-corrected chi connectivity index (χ4v) is 7.35. The van der Waals surface area contributed by atoms with Gasteiger partial charge in [-0.3, -0.25) is 0 Å². The van der Waals surface area contributed by atoms with E-state index in [9.17, 15) is 10.2 Å². The predicted molar refractivity (Wildman–Crippen MR) is 224 cm³/mol. The van der Waals surface area contributed by atoms with Crippen LogP contribution >= 0.6 is 0 Å². The van der Waals surface area contributed by atoms with Crippen LogP contribution in [0.3, 0.4) is 0 Å². The quantitative estimate of drug-likeness (QED) is 0.148. The van der Waals surface area contributed by atoms with Crippen molar-refractivity contribution in [2.75, 3.05) is 19.8 Å². The first-order chi connectivity index (χ1) is 25.3. The molecule has 1 aliphatic rings. The normalized spacial score (nSPS) is 13.5. The van der Waals surface area contributed by atoms with Crippen molar-refractivity contribution in [3.8, 4) is 28.7 Å². The van der Waals surface area contributed by atoms with Crippen LogP contribution in [-0.4, -0.2) is 30.0 Å². The highest BCUT2D eigenvalue weighted by molar-refractivity contribution is 5.59. The number of aromatic hydroxyl groups is 2. The zero-order chi connectivity index (χ0) is 39.6. The van der Waals surface area contributed by atoms with Gasteiger partial charge < -0.3 is 24.4 Å². The van der Waals surface area contributed by atoms with E-state index in [4.69, 9.17) is 14.2 Å². The Hall–Kier alpha value is -4.12. The molecule has 0 fully saturated rings. The van der Waals surface area contributed by atoms with Gasteiger partial charge in [0.1, 0.15) is 28.7 Å². The Labute approximate surface area is 326 Å². The first-order valence-corrected chi connectivity index (χ1v) is 20.2. The van der Waals surface area contributed by atoms with Crippen molar-refractivity contribution in [1.82, 2.24) is 0 Å². The molecule has 0 radical (unpaired) electrons. The van der Waals surface area contributed by atoms with Crippen LogP contribution in [0.25, 0.3) is 0 Å². The van der Waals surface area contributed by atoms with Gasteiger partial charge in [0.2, 0.25) is 0 Å². The van der Waals surface area contributed by atoms with Crippen LogP contribution in [0.1, 0.15) is 164 Å². The highest BCUT2D eigenvalue weighted by atomic mass is 16.5. The average molecular weight is 735 g/mol. The van der Waals surface area contributed by atoms with E-state index in [1.807, 2.05) is 0 Å². The van der Waals surface area contributed by atoms with Crippen molar-refractivity contribution in [1.29, 1.82) is 0 Å². The van der Waals surface area contributed by atoms with Gasteiger partial charge >= 0.3 is 0 Å². The van der Waals surface area contributed by atoms with Crippen LogP contribution in [0, 0.1) is 0 Å². The SMILES string of the molecule is CCCOc1c2cc(C(C)(C)C)cc1Cc1cc(C(C)(C)C)cc(c1OCCC)Cc1cc(C(C)(C)C)cc(c1OCCC)Cc1cc(O)cc(c1O)C2. The fraction of sp³-hybridized carbons (Fsp3) is 0.510. The summed E-state index contributed by atoms with van der Waals surface area (Å²) in [4.78, 5) is 0. The lowest BCUT2D eigenvalue weighted by atomic mass is 9.80. The molecule has 0 aliphatic heterocycles. The van der Waals surface area contributed by atoms with Gasteiger partial charge in [-0.15, -0.1) is 0 Å². The molecule has 5 heteroatoms. The first kappa shape index (κ1) is 41.1. The fourth-order valence-electron chi connectivity index (χ4n) is 7.35. The number of benzene rings is 4. The molecule has 0 saturated heterocycles. The highest BCUT2D eigenvalue weighted by Crippen LogP contribution is 2.43. The van der Waals surface area contributed by atoms with Gasteiger partial charge in [0, 0.05) is 36.8 Å². The molecule has 0 heterocycles. The molecule has 0 spiro atoms. The van der Waals surface area contributed by atoms with E-state index < -0.39 is 0 Å². The summed E-state index contributed by atoms with van der Waals surface area (Å²) in [5.74, 6) is 2.97. The minimum atomic E-state index is -0.137. The summed E-state index contributed by atoms with van der Waals surface area (Å²) in [5, 5.41) is 23.3. The minimum absolute atomic E-state index is 0.101. The monoisotopic (exact) mass is 734 g/mol. The third-order valence-corrected chi connectivity index (χ3v) is 10.5. The topological polar surface area (TPSA) is 68.2 Å². The number of ether oxygens (including phenoxy) is 3. The van der Waals surface area contributed by atoms with Crippen molar-refractivity contribution >= 4 is 0 Å². The summed E-state index contributed by atoms with van der Waals surface area (Å²) in [6.45, 7) is 28.5. The van der Waals surface area contributed by atoms with Crippen LogP contribution in [-0.2, 0) is 41.9 Å². The van der Waals surface area contributed by atoms with Crippen LogP contribution in [0.4, 0.5) is 0 Å². The summed E-state index contributed by atoms with van der Waals surface area (Å²) in [6.07, 6.45) is 4.69. The number of phenols is 2. The molecule has 1 aliphatic carbocycles.